The van der Waals surface area contributed by atoms with Crippen molar-refractivity contribution in [2.45, 2.75) is 62.9 Å². The van der Waals surface area contributed by atoms with Gasteiger partial charge < -0.3 is 10.1 Å². The number of amides is 1. The smallest absolute Gasteiger partial charge is 0.331 e. The summed E-state index contributed by atoms with van der Waals surface area (Å²) >= 11 is 15.6. The second-order valence-corrected chi connectivity index (χ2v) is 11.4. The molecule has 38 heavy (non-hydrogen) atoms. The van der Waals surface area contributed by atoms with Crippen LogP contribution in [0, 0.1) is 5.41 Å². The lowest BCUT2D eigenvalue weighted by Crippen LogP contribution is -2.61. The van der Waals surface area contributed by atoms with Crippen LogP contribution in [-0.4, -0.2) is 51.1 Å². The number of hydrogen-bond donors (Lipinski definition) is 1. The lowest BCUT2D eigenvalue weighted by Gasteiger charge is -2.47. The number of nitrogens with one attached hydrogen (secondary N) is 1. The van der Waals surface area contributed by atoms with Crippen molar-refractivity contribution in [3.8, 4) is 0 Å². The maximum atomic E-state index is 13.0. The van der Waals surface area contributed by atoms with Gasteiger partial charge in [-0.15, -0.1) is 0 Å². The van der Waals surface area contributed by atoms with E-state index in [1.165, 1.54) is 12.4 Å². The second-order valence-electron chi connectivity index (χ2n) is 9.70. The molecule has 1 aromatic heterocycles. The molecule has 1 spiro atoms. The van der Waals surface area contributed by atoms with E-state index in [1.807, 2.05) is 0 Å². The molecule has 0 radical (unpaired) electrons. The Morgan fingerprint density at radius 2 is 1.74 bits per heavy atom. The number of benzene rings is 1. The number of esters is 1. The van der Waals surface area contributed by atoms with Crippen LogP contribution in [0.1, 0.15) is 55.5 Å². The molecule has 1 heterocycles. The summed E-state index contributed by atoms with van der Waals surface area (Å²) in [5, 5.41) is 3.02. The third kappa shape index (κ3) is 5.84. The first kappa shape index (κ1) is 28.4. The molecule has 4 rings (SSSR count). The van der Waals surface area contributed by atoms with Gasteiger partial charge in [0.25, 0.3) is 5.91 Å². The van der Waals surface area contributed by atoms with E-state index in [9.17, 15) is 19.2 Å². The van der Waals surface area contributed by atoms with Gasteiger partial charge in [-0.25, -0.2) is 4.79 Å². The summed E-state index contributed by atoms with van der Waals surface area (Å²) in [4.78, 5) is 58.3. The summed E-state index contributed by atoms with van der Waals surface area (Å²) in [6.07, 6.45) is 4.06. The lowest BCUT2D eigenvalue weighted by molar-refractivity contribution is -0.149. The summed E-state index contributed by atoms with van der Waals surface area (Å²) in [6, 6.07) is 6.07. The fraction of sp³-hybridized carbons (Fsp3) is 0.407. The van der Waals surface area contributed by atoms with E-state index in [2.05, 4.69) is 26.2 Å². The molecule has 2 fully saturated rings. The molecule has 1 amide bonds. The SMILES string of the molecule is CC(C)OC(=O)[C@H](Cc1ccc(NC(=O)c2c(Cl)cncc2Cl)cc1)N=C1C(Br)C(=O)C12CCC(=O)CC2. The number of rotatable bonds is 7. The topological polar surface area (TPSA) is 115 Å². The standard InChI is InChI=1S/C27H26BrCl2N3O5/c1-14(2)38-26(37)20(33-23-22(28)24(35)27(23)9-7-17(34)8-10-27)11-15-3-5-16(6-4-15)32-25(36)21-18(29)12-31-13-19(21)30/h3-6,12-14,20,22H,7-11H2,1-2H3,(H,32,36)/t20-,22?/m0/s1. The minimum Gasteiger partial charge on any atom is -0.461 e. The summed E-state index contributed by atoms with van der Waals surface area (Å²) in [5.41, 5.74) is 1.23. The van der Waals surface area contributed by atoms with Crippen LogP contribution < -0.4 is 5.32 Å². The largest absolute Gasteiger partial charge is 0.461 e. The quantitative estimate of drug-likeness (QED) is 0.326. The zero-order valence-electron chi connectivity index (χ0n) is 20.8. The maximum absolute atomic E-state index is 13.0. The van der Waals surface area contributed by atoms with Crippen molar-refractivity contribution in [2.24, 2.45) is 10.4 Å². The molecular formula is C27H26BrCl2N3O5. The summed E-state index contributed by atoms with van der Waals surface area (Å²) in [5.74, 6) is -0.825. The Labute approximate surface area is 238 Å². The van der Waals surface area contributed by atoms with Crippen molar-refractivity contribution in [1.82, 2.24) is 4.98 Å². The number of aliphatic imine (C=N–C) groups is 1. The predicted molar refractivity (Wildman–Crippen MR) is 148 cm³/mol. The van der Waals surface area contributed by atoms with Crippen molar-refractivity contribution < 1.29 is 23.9 Å². The van der Waals surface area contributed by atoms with E-state index < -0.39 is 28.2 Å². The number of ketones is 2. The second kappa shape index (κ2) is 11.6. The van der Waals surface area contributed by atoms with Gasteiger partial charge in [0.15, 0.2) is 11.8 Å². The van der Waals surface area contributed by atoms with Crippen LogP contribution >= 0.6 is 39.1 Å². The van der Waals surface area contributed by atoms with Crippen LogP contribution in [0.15, 0.2) is 41.7 Å². The molecule has 200 valence electrons. The molecule has 1 aromatic carbocycles. The molecule has 2 atom stereocenters. The molecule has 0 aliphatic heterocycles. The number of Topliss-reactive ketones (excluding diaryl/α,β-unsaturated/α-hetero) is 2. The van der Waals surface area contributed by atoms with E-state index in [1.54, 1.807) is 38.1 Å². The van der Waals surface area contributed by atoms with E-state index in [4.69, 9.17) is 32.9 Å². The Balaban J connectivity index is 1.54. The summed E-state index contributed by atoms with van der Waals surface area (Å²) in [7, 11) is 0. The van der Waals surface area contributed by atoms with E-state index in [0.29, 0.717) is 37.1 Å². The van der Waals surface area contributed by atoms with Crippen molar-refractivity contribution in [2.75, 3.05) is 5.32 Å². The summed E-state index contributed by atoms with van der Waals surface area (Å²) in [6.45, 7) is 3.52. The molecule has 1 unspecified atom stereocenters. The van der Waals surface area contributed by atoms with Crippen molar-refractivity contribution in [3.05, 3.63) is 57.8 Å². The Morgan fingerprint density at radius 3 is 2.32 bits per heavy atom. The first-order valence-electron chi connectivity index (χ1n) is 12.2. The van der Waals surface area contributed by atoms with Crippen molar-refractivity contribution >= 4 is 74.0 Å². The molecule has 0 saturated heterocycles. The molecule has 2 aliphatic rings. The number of carbonyl (C=O) groups excluding carboxylic acids is 4. The molecule has 2 aromatic rings. The van der Waals surface area contributed by atoms with Crippen molar-refractivity contribution in [3.63, 3.8) is 0 Å². The van der Waals surface area contributed by atoms with Crippen molar-refractivity contribution in [1.29, 1.82) is 0 Å². The molecule has 0 bridgehead atoms. The van der Waals surface area contributed by atoms with Gasteiger partial charge in [0.05, 0.1) is 27.1 Å². The fourth-order valence-electron chi connectivity index (χ4n) is 4.73. The Morgan fingerprint density at radius 1 is 1.13 bits per heavy atom. The number of pyridine rings is 1. The van der Waals surface area contributed by atoms with Crippen LogP contribution in [0.5, 0.6) is 0 Å². The average Bonchev–Trinajstić information content (AvgIpc) is 2.87. The van der Waals surface area contributed by atoms with Gasteiger partial charge >= 0.3 is 5.97 Å². The van der Waals surface area contributed by atoms with Crippen LogP contribution in [-0.2, 0) is 25.5 Å². The van der Waals surface area contributed by atoms with Gasteiger partial charge in [0, 0.05) is 43.1 Å². The number of ether oxygens (including phenoxy) is 1. The number of hydrogen-bond acceptors (Lipinski definition) is 7. The molecule has 2 aliphatic carbocycles. The first-order valence-corrected chi connectivity index (χ1v) is 13.9. The zero-order chi connectivity index (χ0) is 27.6. The number of nitrogens with zero attached hydrogens (tertiary/aromatic N) is 2. The maximum Gasteiger partial charge on any atom is 0.331 e. The monoisotopic (exact) mass is 621 g/mol. The minimum atomic E-state index is -0.870. The van der Waals surface area contributed by atoms with Gasteiger partial charge in [0.2, 0.25) is 0 Å². The number of alkyl halides is 1. The van der Waals surface area contributed by atoms with E-state index in [0.717, 1.165) is 5.56 Å². The first-order chi connectivity index (χ1) is 18.0. The molecule has 8 nitrogen and oxygen atoms in total. The highest BCUT2D eigenvalue weighted by Crippen LogP contribution is 2.49. The van der Waals surface area contributed by atoms with Crippen LogP contribution in [0.2, 0.25) is 10.0 Å². The van der Waals surface area contributed by atoms with Gasteiger partial charge in [-0.3, -0.25) is 24.4 Å². The van der Waals surface area contributed by atoms with Crippen LogP contribution in [0.4, 0.5) is 5.69 Å². The third-order valence-corrected chi connectivity index (χ3v) is 8.16. The summed E-state index contributed by atoms with van der Waals surface area (Å²) < 4.78 is 5.47. The number of anilines is 1. The Bertz CT molecular complexity index is 1280. The third-order valence-electron chi connectivity index (χ3n) is 6.73. The Kier molecular flexibility index (Phi) is 8.69. The van der Waals surface area contributed by atoms with Gasteiger partial charge in [-0.1, -0.05) is 51.3 Å². The lowest BCUT2D eigenvalue weighted by atomic mass is 9.58. The van der Waals surface area contributed by atoms with E-state index in [-0.39, 0.29) is 39.7 Å². The van der Waals surface area contributed by atoms with Gasteiger partial charge in [-0.2, -0.15) is 0 Å². The highest BCUT2D eigenvalue weighted by molar-refractivity contribution is 9.10. The number of aromatic nitrogens is 1. The molecular weight excluding hydrogens is 597 g/mol. The van der Waals surface area contributed by atoms with Crippen LogP contribution in [0.3, 0.4) is 0 Å². The zero-order valence-corrected chi connectivity index (χ0v) is 23.9. The fourth-order valence-corrected chi connectivity index (χ4v) is 6.27. The minimum absolute atomic E-state index is 0.00854. The number of carbonyl (C=O) groups is 4. The molecule has 11 heteroatoms. The highest BCUT2D eigenvalue weighted by atomic mass is 79.9. The molecule has 2 saturated carbocycles. The normalized spacial score (nSPS) is 20.4. The van der Waals surface area contributed by atoms with Gasteiger partial charge in [-0.05, 0) is 44.4 Å². The average molecular weight is 623 g/mol. The predicted octanol–water partition coefficient (Wildman–Crippen LogP) is 5.42. The Hall–Kier alpha value is -2.62. The number of halogens is 3. The van der Waals surface area contributed by atoms with E-state index >= 15 is 0 Å². The molecule has 1 N–H and O–H groups in total. The van der Waals surface area contributed by atoms with Crippen LogP contribution in [0.25, 0.3) is 0 Å². The van der Waals surface area contributed by atoms with Gasteiger partial charge in [0.1, 0.15) is 10.6 Å². The highest BCUT2D eigenvalue weighted by Gasteiger charge is 2.59.